The molecule has 2 heterocycles. The summed E-state index contributed by atoms with van der Waals surface area (Å²) >= 11 is 2.42. The molecule has 1 fully saturated rings. The van der Waals surface area contributed by atoms with Crippen molar-refractivity contribution in [1.82, 2.24) is 14.5 Å². The van der Waals surface area contributed by atoms with Crippen LogP contribution in [0.25, 0.3) is 0 Å². The molecule has 0 saturated carbocycles. The third-order valence-electron chi connectivity index (χ3n) is 4.21. The highest BCUT2D eigenvalue weighted by Crippen LogP contribution is 2.31. The van der Waals surface area contributed by atoms with E-state index in [1.165, 1.54) is 33.5 Å². The Labute approximate surface area is 178 Å². The zero-order chi connectivity index (χ0) is 20.9. The van der Waals surface area contributed by atoms with Crippen molar-refractivity contribution in [3.8, 4) is 5.75 Å². The predicted molar refractivity (Wildman–Crippen MR) is 114 cm³/mol. The number of benzene rings is 1. The molecule has 158 valence electrons. The first kappa shape index (κ1) is 21.8. The molecule has 1 aliphatic rings. The minimum atomic E-state index is -3.70. The number of nitrogen functional groups attached to an aromatic ring is 1. The number of rotatable bonds is 8. The zero-order valence-electron chi connectivity index (χ0n) is 16.0. The van der Waals surface area contributed by atoms with Crippen molar-refractivity contribution in [3.63, 3.8) is 0 Å². The van der Waals surface area contributed by atoms with E-state index in [1.54, 1.807) is 19.1 Å². The summed E-state index contributed by atoms with van der Waals surface area (Å²) in [6.07, 6.45) is 2.71. The first-order chi connectivity index (χ1) is 13.9. The number of nitrogens with two attached hydrogens (primary N) is 1. The van der Waals surface area contributed by atoms with E-state index in [0.717, 1.165) is 19.3 Å². The van der Waals surface area contributed by atoms with Crippen molar-refractivity contribution in [2.45, 2.75) is 35.4 Å². The Hall–Kier alpha value is -1.89. The lowest BCUT2D eigenvalue weighted by molar-refractivity contribution is -0.113. The molecule has 0 aliphatic carbocycles. The largest absolute Gasteiger partial charge is 0.492 e. The Morgan fingerprint density at radius 1 is 1.31 bits per heavy atom. The van der Waals surface area contributed by atoms with Crippen molar-refractivity contribution in [2.24, 2.45) is 0 Å². The molecule has 0 spiro atoms. The third-order valence-corrected chi connectivity index (χ3v) is 8.01. The second-order valence-corrected chi connectivity index (χ2v) is 10.4. The zero-order valence-corrected chi connectivity index (χ0v) is 18.4. The van der Waals surface area contributed by atoms with Gasteiger partial charge in [-0.1, -0.05) is 29.5 Å². The maximum atomic E-state index is 13.1. The molecule has 1 aromatic carbocycles. The van der Waals surface area contributed by atoms with E-state index in [-0.39, 0.29) is 22.3 Å². The highest BCUT2D eigenvalue weighted by Gasteiger charge is 2.29. The molecule has 3 N–H and O–H groups in total. The van der Waals surface area contributed by atoms with Gasteiger partial charge in [-0.25, -0.2) is 8.42 Å². The van der Waals surface area contributed by atoms with Crippen LogP contribution < -0.4 is 15.8 Å². The summed E-state index contributed by atoms with van der Waals surface area (Å²) in [5.74, 6) is 0.111. The molecule has 9 nitrogen and oxygen atoms in total. The molecular formula is C17H23N5O4S3. The molecule has 0 unspecified atom stereocenters. The lowest BCUT2D eigenvalue weighted by atomic mass is 10.2. The molecule has 0 atom stereocenters. The Balaban J connectivity index is 1.75. The van der Waals surface area contributed by atoms with Gasteiger partial charge >= 0.3 is 0 Å². The number of hydrogen-bond acceptors (Lipinski definition) is 9. The van der Waals surface area contributed by atoms with Crippen LogP contribution in [0.5, 0.6) is 5.75 Å². The van der Waals surface area contributed by atoms with E-state index < -0.39 is 10.0 Å². The number of sulfonamides is 1. The van der Waals surface area contributed by atoms with Crippen LogP contribution in [0.15, 0.2) is 27.4 Å². The Kier molecular flexibility index (Phi) is 7.33. The average molecular weight is 458 g/mol. The van der Waals surface area contributed by atoms with Gasteiger partial charge in [0.25, 0.3) is 0 Å². The number of nitrogens with one attached hydrogen (secondary N) is 1. The van der Waals surface area contributed by atoms with Gasteiger partial charge in [-0.3, -0.25) is 4.79 Å². The van der Waals surface area contributed by atoms with Crippen LogP contribution in [-0.4, -0.2) is 54.3 Å². The highest BCUT2D eigenvalue weighted by atomic mass is 32.2. The van der Waals surface area contributed by atoms with Gasteiger partial charge in [0.2, 0.25) is 21.1 Å². The van der Waals surface area contributed by atoms with Crippen LogP contribution in [0, 0.1) is 0 Å². The average Bonchev–Trinajstić information content (AvgIpc) is 3.13. The standard InChI is InChI=1S/C17H23N5O4S3/c1-2-26-13-7-6-12(19-15(23)11-27-17-21-20-16(18)28-17)10-14(13)29(24,25)22-8-4-3-5-9-22/h6-7,10H,2-5,8-9,11H2,1H3,(H2,18,20)(H,19,23). The number of ether oxygens (including phenoxy) is 1. The van der Waals surface area contributed by atoms with Crippen LogP contribution >= 0.6 is 23.1 Å². The summed E-state index contributed by atoms with van der Waals surface area (Å²) in [4.78, 5) is 12.3. The van der Waals surface area contributed by atoms with Gasteiger partial charge in [0, 0.05) is 18.8 Å². The third kappa shape index (κ3) is 5.59. The summed E-state index contributed by atoms with van der Waals surface area (Å²) in [6, 6.07) is 4.67. The normalized spacial score (nSPS) is 15.2. The van der Waals surface area contributed by atoms with Crippen molar-refractivity contribution in [3.05, 3.63) is 18.2 Å². The van der Waals surface area contributed by atoms with Gasteiger partial charge in [0.1, 0.15) is 10.6 Å². The van der Waals surface area contributed by atoms with E-state index >= 15 is 0 Å². The van der Waals surface area contributed by atoms with Crippen molar-refractivity contribution < 1.29 is 17.9 Å². The lowest BCUT2D eigenvalue weighted by Gasteiger charge is -2.27. The van der Waals surface area contributed by atoms with E-state index in [2.05, 4.69) is 15.5 Å². The van der Waals surface area contributed by atoms with Crippen molar-refractivity contribution in [1.29, 1.82) is 0 Å². The van der Waals surface area contributed by atoms with Crippen molar-refractivity contribution in [2.75, 3.05) is 36.5 Å². The van der Waals surface area contributed by atoms with E-state index in [4.69, 9.17) is 10.5 Å². The van der Waals surface area contributed by atoms with Gasteiger partial charge in [0.15, 0.2) is 4.34 Å². The molecule has 1 saturated heterocycles. The summed E-state index contributed by atoms with van der Waals surface area (Å²) in [7, 11) is -3.70. The SMILES string of the molecule is CCOc1ccc(NC(=O)CSc2nnc(N)s2)cc1S(=O)(=O)N1CCCCC1. The molecule has 1 aromatic heterocycles. The summed E-state index contributed by atoms with van der Waals surface area (Å²) in [6.45, 7) is 3.12. The molecule has 3 rings (SSSR count). The number of thioether (sulfide) groups is 1. The first-order valence-corrected chi connectivity index (χ1v) is 12.4. The number of hydrogen-bond donors (Lipinski definition) is 2. The summed E-state index contributed by atoms with van der Waals surface area (Å²) in [5.41, 5.74) is 5.92. The van der Waals surface area contributed by atoms with Crippen LogP contribution in [0.3, 0.4) is 0 Å². The molecule has 1 amide bonds. The van der Waals surface area contributed by atoms with Gasteiger partial charge in [-0.15, -0.1) is 10.2 Å². The fourth-order valence-electron chi connectivity index (χ4n) is 2.91. The summed E-state index contributed by atoms with van der Waals surface area (Å²) in [5, 5.41) is 10.6. The molecule has 2 aromatic rings. The number of piperidine rings is 1. The van der Waals surface area contributed by atoms with Gasteiger partial charge in [-0.2, -0.15) is 4.31 Å². The van der Waals surface area contributed by atoms with Crippen LogP contribution in [0.4, 0.5) is 10.8 Å². The number of amides is 1. The number of aromatic nitrogens is 2. The molecule has 12 heteroatoms. The van der Waals surface area contributed by atoms with E-state index in [1.807, 2.05) is 0 Å². The first-order valence-electron chi connectivity index (χ1n) is 9.19. The summed E-state index contributed by atoms with van der Waals surface area (Å²) < 4.78 is 33.9. The monoisotopic (exact) mass is 457 g/mol. The van der Waals surface area contributed by atoms with Gasteiger partial charge in [-0.05, 0) is 38.0 Å². The molecule has 0 radical (unpaired) electrons. The van der Waals surface area contributed by atoms with Crippen LogP contribution in [0.2, 0.25) is 0 Å². The van der Waals surface area contributed by atoms with Crippen molar-refractivity contribution >= 4 is 49.8 Å². The van der Waals surface area contributed by atoms with Crippen LogP contribution in [-0.2, 0) is 14.8 Å². The second-order valence-electron chi connectivity index (χ2n) is 6.30. The maximum absolute atomic E-state index is 13.1. The molecule has 29 heavy (non-hydrogen) atoms. The number of nitrogens with zero attached hydrogens (tertiary/aromatic N) is 3. The smallest absolute Gasteiger partial charge is 0.246 e. The number of carbonyl (C=O) groups is 1. The maximum Gasteiger partial charge on any atom is 0.246 e. The number of carbonyl (C=O) groups excluding carboxylic acids is 1. The Morgan fingerprint density at radius 3 is 2.72 bits per heavy atom. The van der Waals surface area contributed by atoms with Gasteiger partial charge < -0.3 is 15.8 Å². The van der Waals surface area contributed by atoms with E-state index in [9.17, 15) is 13.2 Å². The number of anilines is 2. The van der Waals surface area contributed by atoms with Gasteiger partial charge in [0.05, 0.1) is 12.4 Å². The van der Waals surface area contributed by atoms with E-state index in [0.29, 0.717) is 34.9 Å². The Morgan fingerprint density at radius 2 is 2.07 bits per heavy atom. The highest BCUT2D eigenvalue weighted by molar-refractivity contribution is 8.01. The fraction of sp³-hybridized carbons (Fsp3) is 0.471. The topological polar surface area (TPSA) is 128 Å². The predicted octanol–water partition coefficient (Wildman–Crippen LogP) is 2.42. The lowest BCUT2D eigenvalue weighted by Crippen LogP contribution is -2.35. The molecular weight excluding hydrogens is 434 g/mol. The second kappa shape index (κ2) is 9.74. The molecule has 1 aliphatic heterocycles. The minimum absolute atomic E-state index is 0.0728. The fourth-order valence-corrected chi connectivity index (χ4v) is 6.02. The van der Waals surface area contributed by atoms with Crippen LogP contribution in [0.1, 0.15) is 26.2 Å². The Bertz CT molecular complexity index is 958. The molecule has 0 bridgehead atoms. The minimum Gasteiger partial charge on any atom is -0.492 e. The quantitative estimate of drug-likeness (QED) is 0.579.